The van der Waals surface area contributed by atoms with Gasteiger partial charge < -0.3 is 14.6 Å². The molecule has 0 spiro atoms. The van der Waals surface area contributed by atoms with Crippen LogP contribution in [0.15, 0.2) is 0 Å². The third kappa shape index (κ3) is 3.22. The molecule has 0 radical (unpaired) electrons. The van der Waals surface area contributed by atoms with Crippen molar-refractivity contribution in [3.63, 3.8) is 0 Å². The molecule has 1 aliphatic heterocycles. The molecule has 0 aromatic heterocycles. The van der Waals surface area contributed by atoms with Gasteiger partial charge in [0, 0.05) is 19.6 Å². The number of carbonyl (C=O) groups is 1. The highest BCUT2D eigenvalue weighted by Crippen LogP contribution is 2.36. The molecule has 1 heterocycles. The topological polar surface area (TPSA) is 41.6 Å². The maximum atomic E-state index is 11.3. The van der Waals surface area contributed by atoms with E-state index in [0.29, 0.717) is 13.2 Å². The van der Waals surface area contributed by atoms with Crippen LogP contribution in [0.25, 0.3) is 0 Å². The third-order valence-corrected chi connectivity index (χ3v) is 8.11. The van der Waals surface area contributed by atoms with Crippen molar-refractivity contribution in [3.05, 3.63) is 0 Å². The molecule has 4 nitrogen and oxygen atoms in total. The Labute approximate surface area is 99.5 Å². The number of nitrogens with one attached hydrogen (secondary N) is 1. The Balaban J connectivity index is 2.32. The maximum Gasteiger partial charge on any atom is 0.317 e. The predicted molar refractivity (Wildman–Crippen MR) is 68.1 cm³/mol. The van der Waals surface area contributed by atoms with Crippen LogP contribution in [0.3, 0.4) is 0 Å². The molecule has 94 valence electrons. The molecule has 5 heteroatoms. The molecule has 1 rings (SSSR count). The van der Waals surface area contributed by atoms with E-state index in [-0.39, 0.29) is 11.1 Å². The van der Waals surface area contributed by atoms with Crippen molar-refractivity contribution < 1.29 is 9.22 Å². The lowest BCUT2D eigenvalue weighted by atomic mass is 10.2. The van der Waals surface area contributed by atoms with E-state index in [0.717, 1.165) is 13.1 Å². The van der Waals surface area contributed by atoms with Crippen LogP contribution in [0.1, 0.15) is 20.8 Å². The molecule has 2 amide bonds. The summed E-state index contributed by atoms with van der Waals surface area (Å²) in [4.78, 5) is 13.1. The molecule has 1 aliphatic rings. The van der Waals surface area contributed by atoms with E-state index < -0.39 is 8.32 Å². The Morgan fingerprint density at radius 1 is 1.44 bits per heavy atom. The number of hydrogen-bond acceptors (Lipinski definition) is 2. The van der Waals surface area contributed by atoms with Gasteiger partial charge >= 0.3 is 6.03 Å². The fraction of sp³-hybridized carbons (Fsp3) is 0.909. The first-order valence-corrected chi connectivity index (χ1v) is 8.81. The fourth-order valence-electron chi connectivity index (χ4n) is 1.35. The standard InChI is InChI=1S/C11H24N2O2Si/c1-11(2,3)16(4,5)15-9-8-13-7-6-12-10(13)14/h6-9H2,1-5H3,(H,12,14). The van der Waals surface area contributed by atoms with Crippen LogP contribution in [0, 0.1) is 0 Å². The van der Waals surface area contributed by atoms with Gasteiger partial charge in [-0.25, -0.2) is 4.79 Å². The molecule has 0 atom stereocenters. The number of nitrogens with zero attached hydrogens (tertiary/aromatic N) is 1. The van der Waals surface area contributed by atoms with Crippen LogP contribution in [0.4, 0.5) is 4.79 Å². The molecule has 1 N–H and O–H groups in total. The van der Waals surface area contributed by atoms with E-state index in [1.165, 1.54) is 0 Å². The second-order valence-electron chi connectivity index (χ2n) is 5.83. The molecule has 0 aromatic rings. The average Bonchev–Trinajstić information content (AvgIpc) is 2.49. The first kappa shape index (κ1) is 13.5. The molecule has 1 saturated heterocycles. The van der Waals surface area contributed by atoms with Crippen molar-refractivity contribution in [3.8, 4) is 0 Å². The van der Waals surface area contributed by atoms with Crippen LogP contribution in [-0.4, -0.2) is 45.5 Å². The van der Waals surface area contributed by atoms with Gasteiger partial charge in [0.2, 0.25) is 0 Å². The van der Waals surface area contributed by atoms with E-state index in [2.05, 4.69) is 39.2 Å². The van der Waals surface area contributed by atoms with Crippen molar-refractivity contribution in [2.75, 3.05) is 26.2 Å². The van der Waals surface area contributed by atoms with Crippen molar-refractivity contribution >= 4 is 14.3 Å². The van der Waals surface area contributed by atoms with E-state index in [1.807, 2.05) is 4.90 Å². The minimum Gasteiger partial charge on any atom is -0.415 e. The van der Waals surface area contributed by atoms with Crippen molar-refractivity contribution in [1.82, 2.24) is 10.2 Å². The quantitative estimate of drug-likeness (QED) is 0.769. The summed E-state index contributed by atoms with van der Waals surface area (Å²) in [5.74, 6) is 0. The molecular weight excluding hydrogens is 220 g/mol. The van der Waals surface area contributed by atoms with Crippen LogP contribution in [0.2, 0.25) is 18.1 Å². The number of rotatable bonds is 4. The third-order valence-electron chi connectivity index (χ3n) is 3.58. The smallest absolute Gasteiger partial charge is 0.317 e. The van der Waals surface area contributed by atoms with Gasteiger partial charge in [0.1, 0.15) is 0 Å². The van der Waals surface area contributed by atoms with Gasteiger partial charge in [-0.1, -0.05) is 20.8 Å². The largest absolute Gasteiger partial charge is 0.415 e. The lowest BCUT2D eigenvalue weighted by Gasteiger charge is -2.36. The number of hydrogen-bond donors (Lipinski definition) is 1. The first-order valence-electron chi connectivity index (χ1n) is 5.91. The molecule has 0 aliphatic carbocycles. The van der Waals surface area contributed by atoms with E-state index in [4.69, 9.17) is 4.43 Å². The Hall–Kier alpha value is -0.553. The Morgan fingerprint density at radius 2 is 2.06 bits per heavy atom. The normalized spacial score (nSPS) is 17.8. The highest BCUT2D eigenvalue weighted by Gasteiger charge is 2.37. The maximum absolute atomic E-state index is 11.3. The summed E-state index contributed by atoms with van der Waals surface area (Å²) in [6.07, 6.45) is 0. The zero-order valence-corrected chi connectivity index (χ0v) is 12.1. The van der Waals surface area contributed by atoms with E-state index >= 15 is 0 Å². The first-order chi connectivity index (χ1) is 7.24. The van der Waals surface area contributed by atoms with Crippen LogP contribution >= 0.6 is 0 Å². The summed E-state index contributed by atoms with van der Waals surface area (Å²) >= 11 is 0. The molecule has 0 aromatic carbocycles. The second-order valence-corrected chi connectivity index (χ2v) is 10.6. The minimum absolute atomic E-state index is 0.0406. The summed E-state index contributed by atoms with van der Waals surface area (Å²) in [7, 11) is -1.66. The molecule has 0 saturated carbocycles. The molecule has 0 bridgehead atoms. The summed E-state index contributed by atoms with van der Waals surface area (Å²) < 4.78 is 6.02. The molecule has 1 fully saturated rings. The Bertz CT molecular complexity index is 261. The average molecular weight is 244 g/mol. The zero-order valence-electron chi connectivity index (χ0n) is 11.1. The molecular formula is C11H24N2O2Si. The second kappa shape index (κ2) is 4.75. The lowest BCUT2D eigenvalue weighted by Crippen LogP contribution is -2.43. The van der Waals surface area contributed by atoms with Crippen molar-refractivity contribution in [2.24, 2.45) is 0 Å². The summed E-state index contributed by atoms with van der Waals surface area (Å²) in [6, 6.07) is 0.0406. The number of urea groups is 1. The van der Waals surface area contributed by atoms with Gasteiger partial charge in [-0.15, -0.1) is 0 Å². The van der Waals surface area contributed by atoms with E-state index in [9.17, 15) is 4.79 Å². The van der Waals surface area contributed by atoms with Gasteiger partial charge in [0.25, 0.3) is 0 Å². The minimum atomic E-state index is -1.66. The van der Waals surface area contributed by atoms with Crippen LogP contribution in [-0.2, 0) is 4.43 Å². The highest BCUT2D eigenvalue weighted by molar-refractivity contribution is 6.74. The van der Waals surface area contributed by atoms with Crippen molar-refractivity contribution in [2.45, 2.75) is 38.9 Å². The van der Waals surface area contributed by atoms with Gasteiger partial charge in [-0.05, 0) is 18.1 Å². The molecule has 16 heavy (non-hydrogen) atoms. The Morgan fingerprint density at radius 3 is 2.50 bits per heavy atom. The monoisotopic (exact) mass is 244 g/mol. The van der Waals surface area contributed by atoms with Gasteiger partial charge in [-0.2, -0.15) is 0 Å². The van der Waals surface area contributed by atoms with Gasteiger partial charge in [-0.3, -0.25) is 0 Å². The summed E-state index contributed by atoms with van der Waals surface area (Å²) in [5, 5.41) is 3.03. The predicted octanol–water partition coefficient (Wildman–Crippen LogP) is 2.03. The van der Waals surface area contributed by atoms with Gasteiger partial charge in [0.15, 0.2) is 8.32 Å². The fourth-order valence-corrected chi connectivity index (χ4v) is 2.39. The lowest BCUT2D eigenvalue weighted by molar-refractivity contribution is 0.198. The SMILES string of the molecule is CC(C)(C)[Si](C)(C)OCCN1CCNC1=O. The number of amides is 2. The van der Waals surface area contributed by atoms with E-state index in [1.54, 1.807) is 0 Å². The Kier molecular flexibility index (Phi) is 4.01. The summed E-state index contributed by atoms with van der Waals surface area (Å²) in [5.41, 5.74) is 0. The highest BCUT2D eigenvalue weighted by atomic mass is 28.4. The number of carbonyl (C=O) groups excluding carboxylic acids is 1. The van der Waals surface area contributed by atoms with Crippen LogP contribution < -0.4 is 5.32 Å². The molecule has 0 unspecified atom stereocenters. The van der Waals surface area contributed by atoms with Gasteiger partial charge in [0.05, 0.1) is 6.61 Å². The van der Waals surface area contributed by atoms with Crippen LogP contribution in [0.5, 0.6) is 0 Å². The summed E-state index contributed by atoms with van der Waals surface area (Å²) in [6.45, 7) is 14.1. The zero-order chi connectivity index (χ0) is 12.4. The van der Waals surface area contributed by atoms with Crippen molar-refractivity contribution in [1.29, 1.82) is 0 Å².